The smallest absolute Gasteiger partial charge is 0.255 e. The van der Waals surface area contributed by atoms with Gasteiger partial charge in [0.05, 0.1) is 11.3 Å². The number of anilines is 1. The average Bonchev–Trinajstić information content (AvgIpc) is 2.44. The Morgan fingerprint density at radius 3 is 2.53 bits per heavy atom. The van der Waals surface area contributed by atoms with E-state index in [0.717, 1.165) is 11.3 Å². The summed E-state index contributed by atoms with van der Waals surface area (Å²) in [7, 11) is 1.94. The highest BCUT2D eigenvalue weighted by atomic mass is 16.3. The molecule has 3 rings (SSSR count). The molecule has 2 aromatic carbocycles. The van der Waals surface area contributed by atoms with Crippen molar-refractivity contribution in [1.82, 2.24) is 5.32 Å². The predicted octanol–water partition coefficient (Wildman–Crippen LogP) is 2.27. The van der Waals surface area contributed by atoms with Gasteiger partial charge in [-0.25, -0.2) is 0 Å². The molecule has 4 nitrogen and oxygen atoms in total. The van der Waals surface area contributed by atoms with E-state index in [0.29, 0.717) is 5.56 Å². The minimum atomic E-state index is -0.219. The van der Waals surface area contributed by atoms with Crippen LogP contribution >= 0.6 is 0 Å². The van der Waals surface area contributed by atoms with Crippen LogP contribution in [0.15, 0.2) is 48.5 Å². The largest absolute Gasteiger partial charge is 0.508 e. The first-order valence-electron chi connectivity index (χ1n) is 6.08. The molecule has 96 valence electrons. The molecule has 1 heterocycles. The second-order valence-corrected chi connectivity index (χ2v) is 4.60. The molecule has 2 N–H and O–H groups in total. The first kappa shape index (κ1) is 11.6. The third-order valence-electron chi connectivity index (χ3n) is 3.39. The molecule has 1 atom stereocenters. The number of nitrogens with one attached hydrogen (secondary N) is 1. The molecule has 0 fully saturated rings. The van der Waals surface area contributed by atoms with Gasteiger partial charge in [-0.3, -0.25) is 4.79 Å². The molecule has 0 saturated heterocycles. The van der Waals surface area contributed by atoms with E-state index >= 15 is 0 Å². The third kappa shape index (κ3) is 1.91. The Hall–Kier alpha value is -2.49. The highest BCUT2D eigenvalue weighted by Crippen LogP contribution is 2.31. The molecule has 0 aromatic heterocycles. The summed E-state index contributed by atoms with van der Waals surface area (Å²) in [5, 5.41) is 12.3. The van der Waals surface area contributed by atoms with Crippen LogP contribution in [0, 0.1) is 0 Å². The number of hydrogen-bond acceptors (Lipinski definition) is 3. The van der Waals surface area contributed by atoms with Crippen molar-refractivity contribution in [3.63, 3.8) is 0 Å². The summed E-state index contributed by atoms with van der Waals surface area (Å²) in [4.78, 5) is 14.1. The fourth-order valence-electron chi connectivity index (χ4n) is 2.37. The van der Waals surface area contributed by atoms with E-state index in [1.807, 2.05) is 48.3 Å². The minimum Gasteiger partial charge on any atom is -0.508 e. The van der Waals surface area contributed by atoms with Crippen molar-refractivity contribution in [2.75, 3.05) is 11.9 Å². The number of aromatic hydroxyl groups is 1. The zero-order chi connectivity index (χ0) is 13.4. The fraction of sp³-hybridized carbons (Fsp3) is 0.133. The topological polar surface area (TPSA) is 52.6 Å². The molecule has 1 amide bonds. The van der Waals surface area contributed by atoms with Gasteiger partial charge < -0.3 is 15.3 Å². The van der Waals surface area contributed by atoms with Crippen LogP contribution in [0.3, 0.4) is 0 Å². The summed E-state index contributed by atoms with van der Waals surface area (Å²) in [6.07, 6.45) is -0.219. The van der Waals surface area contributed by atoms with Crippen molar-refractivity contribution in [3.05, 3.63) is 59.7 Å². The van der Waals surface area contributed by atoms with Crippen molar-refractivity contribution in [1.29, 1.82) is 0 Å². The maximum atomic E-state index is 12.1. The van der Waals surface area contributed by atoms with Gasteiger partial charge in [0.15, 0.2) is 0 Å². The summed E-state index contributed by atoms with van der Waals surface area (Å²) in [5.41, 5.74) is 2.52. The van der Waals surface area contributed by atoms with E-state index < -0.39 is 0 Å². The van der Waals surface area contributed by atoms with Crippen LogP contribution in [-0.2, 0) is 0 Å². The lowest BCUT2D eigenvalue weighted by molar-refractivity contribution is 0.0928. The van der Waals surface area contributed by atoms with Gasteiger partial charge in [0.1, 0.15) is 11.9 Å². The molecular weight excluding hydrogens is 240 g/mol. The summed E-state index contributed by atoms with van der Waals surface area (Å²) >= 11 is 0. The van der Waals surface area contributed by atoms with E-state index in [1.165, 1.54) is 0 Å². The van der Waals surface area contributed by atoms with Crippen molar-refractivity contribution in [3.8, 4) is 5.75 Å². The van der Waals surface area contributed by atoms with Gasteiger partial charge in [-0.05, 0) is 29.8 Å². The van der Waals surface area contributed by atoms with Gasteiger partial charge in [-0.15, -0.1) is 0 Å². The zero-order valence-electron chi connectivity index (χ0n) is 10.5. The maximum absolute atomic E-state index is 12.1. The number of carbonyl (C=O) groups is 1. The number of benzene rings is 2. The molecule has 0 bridgehead atoms. The molecule has 0 spiro atoms. The first-order valence-corrected chi connectivity index (χ1v) is 6.08. The average molecular weight is 254 g/mol. The number of para-hydroxylation sites is 1. The Labute approximate surface area is 111 Å². The van der Waals surface area contributed by atoms with Gasteiger partial charge in [0.25, 0.3) is 5.91 Å². The lowest BCUT2D eigenvalue weighted by atomic mass is 10.0. The number of hydrogen-bond donors (Lipinski definition) is 2. The Balaban J connectivity index is 2.02. The van der Waals surface area contributed by atoms with Gasteiger partial charge >= 0.3 is 0 Å². The van der Waals surface area contributed by atoms with Crippen LogP contribution in [0.4, 0.5) is 5.69 Å². The first-order chi connectivity index (χ1) is 9.16. The predicted molar refractivity (Wildman–Crippen MR) is 73.2 cm³/mol. The van der Waals surface area contributed by atoms with Crippen LogP contribution in [0.25, 0.3) is 0 Å². The summed E-state index contributed by atoms with van der Waals surface area (Å²) in [5.74, 6) is 0.140. The molecule has 2 aromatic rings. The summed E-state index contributed by atoms with van der Waals surface area (Å²) < 4.78 is 0. The number of carbonyl (C=O) groups excluding carboxylic acids is 1. The van der Waals surface area contributed by atoms with E-state index in [9.17, 15) is 9.90 Å². The van der Waals surface area contributed by atoms with Crippen LogP contribution < -0.4 is 10.2 Å². The molecule has 0 unspecified atom stereocenters. The Morgan fingerprint density at radius 2 is 1.79 bits per heavy atom. The van der Waals surface area contributed by atoms with Gasteiger partial charge in [0, 0.05) is 7.05 Å². The highest BCUT2D eigenvalue weighted by Gasteiger charge is 2.28. The Bertz CT molecular complexity index is 622. The molecule has 0 radical (unpaired) electrons. The lowest BCUT2D eigenvalue weighted by Gasteiger charge is -2.36. The quantitative estimate of drug-likeness (QED) is 0.820. The molecule has 0 aliphatic carbocycles. The number of nitrogens with zero attached hydrogens (tertiary/aromatic N) is 1. The standard InChI is InChI=1S/C15H14N2O2/c1-17-13-5-3-2-4-12(13)15(19)16-14(17)10-6-8-11(18)9-7-10/h2-9,14,18H,1H3,(H,16,19)/t14-/m0/s1. The van der Waals surface area contributed by atoms with Crippen LogP contribution in [0.2, 0.25) is 0 Å². The Morgan fingerprint density at radius 1 is 1.11 bits per heavy atom. The van der Waals surface area contributed by atoms with Gasteiger partial charge in [-0.2, -0.15) is 0 Å². The number of phenols is 1. The SMILES string of the molecule is CN1c2ccccc2C(=O)N[C@@H]1c1ccc(O)cc1. The van der Waals surface area contributed by atoms with E-state index in [-0.39, 0.29) is 17.8 Å². The van der Waals surface area contributed by atoms with Crippen LogP contribution in [0.1, 0.15) is 22.1 Å². The molecular formula is C15H14N2O2. The van der Waals surface area contributed by atoms with Crippen molar-refractivity contribution in [2.24, 2.45) is 0 Å². The van der Waals surface area contributed by atoms with Crippen LogP contribution in [-0.4, -0.2) is 18.1 Å². The van der Waals surface area contributed by atoms with Gasteiger partial charge in [0.2, 0.25) is 0 Å². The van der Waals surface area contributed by atoms with Gasteiger partial charge in [-0.1, -0.05) is 24.3 Å². The second kappa shape index (κ2) is 4.31. The summed E-state index contributed by atoms with van der Waals surface area (Å²) in [6.45, 7) is 0. The van der Waals surface area contributed by atoms with E-state index in [2.05, 4.69) is 5.32 Å². The summed E-state index contributed by atoms with van der Waals surface area (Å²) in [6, 6.07) is 14.4. The molecule has 19 heavy (non-hydrogen) atoms. The number of phenolic OH excluding ortho intramolecular Hbond substituents is 1. The Kier molecular flexibility index (Phi) is 2.63. The molecule has 1 aliphatic heterocycles. The van der Waals surface area contributed by atoms with Crippen molar-refractivity contribution < 1.29 is 9.90 Å². The fourth-order valence-corrected chi connectivity index (χ4v) is 2.37. The normalized spacial score (nSPS) is 17.8. The maximum Gasteiger partial charge on any atom is 0.255 e. The third-order valence-corrected chi connectivity index (χ3v) is 3.39. The minimum absolute atomic E-state index is 0.0771. The number of fused-ring (bicyclic) bond motifs is 1. The molecule has 0 saturated carbocycles. The van der Waals surface area contributed by atoms with Crippen molar-refractivity contribution in [2.45, 2.75) is 6.17 Å². The number of amides is 1. The monoisotopic (exact) mass is 254 g/mol. The van der Waals surface area contributed by atoms with Crippen molar-refractivity contribution >= 4 is 11.6 Å². The van der Waals surface area contributed by atoms with Crippen LogP contribution in [0.5, 0.6) is 5.75 Å². The zero-order valence-corrected chi connectivity index (χ0v) is 10.5. The molecule has 4 heteroatoms. The second-order valence-electron chi connectivity index (χ2n) is 4.60. The highest BCUT2D eigenvalue weighted by molar-refractivity contribution is 6.01. The van der Waals surface area contributed by atoms with E-state index in [4.69, 9.17) is 0 Å². The number of rotatable bonds is 1. The lowest BCUT2D eigenvalue weighted by Crippen LogP contribution is -2.44. The molecule has 1 aliphatic rings. The van der Waals surface area contributed by atoms with E-state index in [1.54, 1.807) is 12.1 Å².